The van der Waals surface area contributed by atoms with Gasteiger partial charge in [-0.1, -0.05) is 84.6 Å². The van der Waals surface area contributed by atoms with Crippen LogP contribution in [0.15, 0.2) is 84.9 Å². The zero-order valence-corrected chi connectivity index (χ0v) is 16.9. The van der Waals surface area contributed by atoms with Gasteiger partial charge < -0.3 is 4.90 Å². The molecule has 1 nitrogen and oxygen atoms in total. The third-order valence-corrected chi connectivity index (χ3v) is 7.42. The van der Waals surface area contributed by atoms with E-state index >= 15 is 0 Å². The van der Waals surface area contributed by atoms with E-state index in [2.05, 4.69) is 119 Å². The first-order valence-corrected chi connectivity index (χ1v) is 10.2. The molecular formula is C22H18INS. The lowest BCUT2D eigenvalue weighted by Gasteiger charge is -2.26. The van der Waals surface area contributed by atoms with Crippen LogP contribution in [0.3, 0.4) is 0 Å². The summed E-state index contributed by atoms with van der Waals surface area (Å²) in [6, 6.07) is 30.1. The summed E-state index contributed by atoms with van der Waals surface area (Å²) in [5.41, 5.74) is 5.27. The van der Waals surface area contributed by atoms with Crippen LogP contribution >= 0.6 is 34.4 Å². The Labute approximate surface area is 166 Å². The minimum atomic E-state index is 0.294. The van der Waals surface area contributed by atoms with Gasteiger partial charge in [0.25, 0.3) is 0 Å². The molecule has 124 valence electrons. The first-order valence-electron chi connectivity index (χ1n) is 8.25. The molecule has 1 heterocycles. The predicted molar refractivity (Wildman–Crippen MR) is 119 cm³/mol. The molecule has 0 spiro atoms. The van der Waals surface area contributed by atoms with Crippen LogP contribution in [0.5, 0.6) is 0 Å². The lowest BCUT2D eigenvalue weighted by atomic mass is 10.0. The Balaban J connectivity index is 1.78. The second-order valence-electron chi connectivity index (χ2n) is 6.01. The van der Waals surface area contributed by atoms with E-state index in [4.69, 9.17) is 0 Å². The van der Waals surface area contributed by atoms with E-state index in [-0.39, 0.29) is 0 Å². The molecule has 1 aliphatic rings. The molecule has 0 fully saturated rings. The monoisotopic (exact) mass is 455 g/mol. The Morgan fingerprint density at radius 2 is 1.44 bits per heavy atom. The predicted octanol–water partition coefficient (Wildman–Crippen LogP) is 6.83. The quantitative estimate of drug-likeness (QED) is 0.399. The van der Waals surface area contributed by atoms with Crippen LogP contribution in [-0.4, -0.2) is 7.05 Å². The molecule has 3 heteroatoms. The van der Waals surface area contributed by atoms with Crippen molar-refractivity contribution >= 4 is 48.5 Å². The van der Waals surface area contributed by atoms with Gasteiger partial charge in [0.2, 0.25) is 0 Å². The van der Waals surface area contributed by atoms with Gasteiger partial charge >= 0.3 is 0 Å². The molecule has 3 aromatic carbocycles. The highest BCUT2D eigenvalue weighted by Crippen LogP contribution is 2.55. The average molecular weight is 455 g/mol. The molecule has 0 bridgehead atoms. The topological polar surface area (TPSA) is 3.24 Å². The van der Waals surface area contributed by atoms with Crippen LogP contribution in [0.4, 0.5) is 5.69 Å². The molecule has 3 aromatic rings. The van der Waals surface area contributed by atoms with Gasteiger partial charge in [-0.3, -0.25) is 0 Å². The standard InChI is InChI=1S/C22H18INS/c1-24(17-12-6-3-7-13-17)22-19-15-9-8-14-18(19)21(25-22)20(23)16-10-4-2-5-11-16/h2-15,22H,1H3/b21-20+. The van der Waals surface area contributed by atoms with Crippen molar-refractivity contribution in [3.63, 3.8) is 0 Å². The Bertz CT molecular complexity index is 906. The van der Waals surface area contributed by atoms with Crippen LogP contribution in [0.2, 0.25) is 0 Å². The van der Waals surface area contributed by atoms with E-state index in [0.29, 0.717) is 5.37 Å². The Morgan fingerprint density at radius 1 is 0.840 bits per heavy atom. The van der Waals surface area contributed by atoms with Gasteiger partial charge in [0.1, 0.15) is 5.37 Å². The van der Waals surface area contributed by atoms with Crippen LogP contribution in [0, 0.1) is 0 Å². The Morgan fingerprint density at radius 3 is 2.16 bits per heavy atom. The van der Waals surface area contributed by atoms with Crippen LogP contribution in [-0.2, 0) is 0 Å². The molecule has 0 N–H and O–H groups in total. The molecular weight excluding hydrogens is 437 g/mol. The highest BCUT2D eigenvalue weighted by Gasteiger charge is 2.32. The van der Waals surface area contributed by atoms with E-state index in [1.807, 2.05) is 11.8 Å². The summed E-state index contributed by atoms with van der Waals surface area (Å²) in [5, 5.41) is 0.294. The van der Waals surface area contributed by atoms with E-state index < -0.39 is 0 Å². The molecule has 1 atom stereocenters. The van der Waals surface area contributed by atoms with Crippen molar-refractivity contribution < 1.29 is 0 Å². The fourth-order valence-electron chi connectivity index (χ4n) is 3.13. The summed E-state index contributed by atoms with van der Waals surface area (Å²) < 4.78 is 1.32. The summed E-state index contributed by atoms with van der Waals surface area (Å²) in [4.78, 5) is 3.74. The molecule has 0 saturated heterocycles. The number of benzene rings is 3. The molecule has 0 aliphatic carbocycles. The van der Waals surface area contributed by atoms with E-state index in [9.17, 15) is 0 Å². The van der Waals surface area contributed by atoms with Gasteiger partial charge in [0.05, 0.1) is 0 Å². The second kappa shape index (κ2) is 7.26. The zero-order valence-electron chi connectivity index (χ0n) is 13.9. The van der Waals surface area contributed by atoms with E-state index in [0.717, 1.165) is 0 Å². The van der Waals surface area contributed by atoms with Gasteiger partial charge in [0, 0.05) is 21.2 Å². The highest BCUT2D eigenvalue weighted by molar-refractivity contribution is 14.1. The molecule has 1 aliphatic heterocycles. The molecule has 1 unspecified atom stereocenters. The number of hydrogen-bond acceptors (Lipinski definition) is 2. The maximum Gasteiger partial charge on any atom is 0.105 e. The Hall–Kier alpha value is -1.72. The molecule has 0 amide bonds. The lowest BCUT2D eigenvalue weighted by Crippen LogP contribution is -2.19. The summed E-state index contributed by atoms with van der Waals surface area (Å²) in [7, 11) is 2.18. The maximum atomic E-state index is 2.49. The van der Waals surface area contributed by atoms with Crippen molar-refractivity contribution in [1.82, 2.24) is 0 Å². The van der Waals surface area contributed by atoms with Gasteiger partial charge in [-0.25, -0.2) is 0 Å². The van der Waals surface area contributed by atoms with Crippen LogP contribution in [0.25, 0.3) is 8.48 Å². The van der Waals surface area contributed by atoms with Crippen LogP contribution in [0.1, 0.15) is 22.1 Å². The summed E-state index contributed by atoms with van der Waals surface area (Å²) in [6.07, 6.45) is 0. The number of nitrogens with zero attached hydrogens (tertiary/aromatic N) is 1. The average Bonchev–Trinajstić information content (AvgIpc) is 3.08. The first-order chi connectivity index (χ1) is 12.3. The number of thioether (sulfide) groups is 1. The highest BCUT2D eigenvalue weighted by atomic mass is 127. The van der Waals surface area contributed by atoms with Crippen LogP contribution < -0.4 is 4.90 Å². The number of anilines is 1. The molecule has 0 aromatic heterocycles. The Kier molecular flexibility index (Phi) is 4.86. The fourth-order valence-corrected chi connectivity index (χ4v) is 5.53. The largest absolute Gasteiger partial charge is 0.358 e. The molecule has 0 radical (unpaired) electrons. The maximum absolute atomic E-state index is 2.49. The number of fused-ring (bicyclic) bond motifs is 1. The minimum Gasteiger partial charge on any atom is -0.358 e. The van der Waals surface area contributed by atoms with Crippen molar-refractivity contribution in [2.75, 3.05) is 11.9 Å². The minimum absolute atomic E-state index is 0.294. The van der Waals surface area contributed by atoms with E-state index in [1.54, 1.807) is 0 Å². The van der Waals surface area contributed by atoms with Gasteiger partial charge in [0.15, 0.2) is 0 Å². The zero-order chi connectivity index (χ0) is 17.2. The van der Waals surface area contributed by atoms with E-state index in [1.165, 1.54) is 30.9 Å². The molecule has 0 saturated carbocycles. The summed E-state index contributed by atoms with van der Waals surface area (Å²) in [6.45, 7) is 0. The number of rotatable bonds is 3. The third-order valence-electron chi connectivity index (χ3n) is 4.44. The van der Waals surface area contributed by atoms with Crippen molar-refractivity contribution in [2.45, 2.75) is 5.37 Å². The SMILES string of the molecule is CN(c1ccccc1)C1S/C(=C(/I)c2ccccc2)c2ccccc21. The van der Waals surface area contributed by atoms with Crippen molar-refractivity contribution in [3.8, 4) is 0 Å². The lowest BCUT2D eigenvalue weighted by molar-refractivity contribution is 0.906. The fraction of sp³-hybridized carbons (Fsp3) is 0.0909. The normalized spacial score (nSPS) is 17.9. The second-order valence-corrected chi connectivity index (χ2v) is 8.18. The molecule has 4 rings (SSSR count). The smallest absolute Gasteiger partial charge is 0.105 e. The summed E-state index contributed by atoms with van der Waals surface area (Å²) in [5.74, 6) is 0. The van der Waals surface area contributed by atoms with Gasteiger partial charge in [-0.05, 0) is 51.4 Å². The van der Waals surface area contributed by atoms with Crippen molar-refractivity contribution in [1.29, 1.82) is 0 Å². The number of halogens is 1. The third kappa shape index (κ3) is 3.23. The van der Waals surface area contributed by atoms with Crippen molar-refractivity contribution in [3.05, 3.63) is 102 Å². The van der Waals surface area contributed by atoms with Gasteiger partial charge in [-0.15, -0.1) is 0 Å². The number of hydrogen-bond donors (Lipinski definition) is 0. The molecule has 25 heavy (non-hydrogen) atoms. The summed E-state index contributed by atoms with van der Waals surface area (Å²) >= 11 is 4.44. The first kappa shape index (κ1) is 16.7. The number of para-hydroxylation sites is 1. The van der Waals surface area contributed by atoms with Crippen molar-refractivity contribution in [2.24, 2.45) is 0 Å². The van der Waals surface area contributed by atoms with Gasteiger partial charge in [-0.2, -0.15) is 0 Å².